The van der Waals surface area contributed by atoms with Crippen LogP contribution in [0.25, 0.3) is 0 Å². The highest BCUT2D eigenvalue weighted by molar-refractivity contribution is 14.0. The highest BCUT2D eigenvalue weighted by Crippen LogP contribution is 2.07. The average molecular weight is 497 g/mol. The van der Waals surface area contributed by atoms with Crippen molar-refractivity contribution in [3.63, 3.8) is 0 Å². The molecule has 0 heterocycles. The summed E-state index contributed by atoms with van der Waals surface area (Å²) in [4.78, 5) is 4.57. The maximum Gasteiger partial charge on any atom is 0.191 e. The summed E-state index contributed by atoms with van der Waals surface area (Å²) in [5.41, 5.74) is 2.26. The van der Waals surface area contributed by atoms with Gasteiger partial charge in [0, 0.05) is 25.4 Å². The van der Waals surface area contributed by atoms with E-state index in [0.29, 0.717) is 32.1 Å². The van der Waals surface area contributed by atoms with Gasteiger partial charge in [-0.05, 0) is 38.3 Å². The summed E-state index contributed by atoms with van der Waals surface area (Å²) < 4.78 is 27.9. The number of hydrogen-bond acceptors (Lipinski definition) is 4. The summed E-state index contributed by atoms with van der Waals surface area (Å²) in [6.45, 7) is 8.58. The number of benzene rings is 1. The molecule has 0 aliphatic rings. The molecule has 0 saturated carbocycles. The smallest absolute Gasteiger partial charge is 0.191 e. The molecule has 0 spiro atoms. The van der Waals surface area contributed by atoms with Gasteiger partial charge in [-0.15, -0.1) is 24.0 Å². The molecule has 6 nitrogen and oxygen atoms in total. The van der Waals surface area contributed by atoms with Crippen molar-refractivity contribution in [2.75, 3.05) is 25.2 Å². The number of hydrogen-bond donors (Lipinski definition) is 2. The zero-order valence-electron chi connectivity index (χ0n) is 16.1. The fourth-order valence-electron chi connectivity index (χ4n) is 2.15. The Morgan fingerprint density at radius 3 is 2.35 bits per heavy atom. The van der Waals surface area contributed by atoms with Gasteiger partial charge in [0.15, 0.2) is 5.96 Å². The van der Waals surface area contributed by atoms with E-state index in [0.717, 1.165) is 17.7 Å². The second-order valence-electron chi connectivity index (χ2n) is 6.11. The largest absolute Gasteiger partial charge is 0.377 e. The molecule has 2 N–H and O–H groups in total. The number of halogens is 1. The lowest BCUT2D eigenvalue weighted by molar-refractivity contribution is 0.134. The molecule has 0 fully saturated rings. The fourth-order valence-corrected chi connectivity index (χ4v) is 2.93. The minimum Gasteiger partial charge on any atom is -0.377 e. The minimum atomic E-state index is -2.94. The van der Waals surface area contributed by atoms with E-state index in [1.54, 1.807) is 0 Å². The van der Waals surface area contributed by atoms with Gasteiger partial charge in [-0.2, -0.15) is 0 Å². The molecule has 0 saturated heterocycles. The molecule has 0 radical (unpaired) electrons. The van der Waals surface area contributed by atoms with Crippen LogP contribution in [0.3, 0.4) is 0 Å². The zero-order valence-corrected chi connectivity index (χ0v) is 19.3. The molecular formula is C18H32IN3O3S. The predicted molar refractivity (Wildman–Crippen MR) is 119 cm³/mol. The Morgan fingerprint density at radius 2 is 1.81 bits per heavy atom. The molecule has 8 heteroatoms. The van der Waals surface area contributed by atoms with Crippen LogP contribution in [0.4, 0.5) is 0 Å². The van der Waals surface area contributed by atoms with Gasteiger partial charge < -0.3 is 15.4 Å². The molecule has 1 rings (SSSR count). The van der Waals surface area contributed by atoms with Crippen molar-refractivity contribution in [2.24, 2.45) is 4.99 Å². The van der Waals surface area contributed by atoms with Crippen molar-refractivity contribution in [3.05, 3.63) is 35.4 Å². The molecule has 1 unspecified atom stereocenters. The molecule has 1 atom stereocenters. The van der Waals surface area contributed by atoms with Crippen molar-refractivity contribution in [2.45, 2.75) is 46.4 Å². The second kappa shape index (κ2) is 13.3. The minimum absolute atomic E-state index is 0. The van der Waals surface area contributed by atoms with E-state index in [2.05, 4.69) is 39.9 Å². The van der Waals surface area contributed by atoms with Gasteiger partial charge in [0.2, 0.25) is 0 Å². The van der Waals surface area contributed by atoms with Crippen LogP contribution in [-0.2, 0) is 27.7 Å². The van der Waals surface area contributed by atoms with Crippen LogP contribution in [0.1, 0.15) is 38.3 Å². The Morgan fingerprint density at radius 1 is 1.19 bits per heavy atom. The normalized spacial score (nSPS) is 13.0. The predicted octanol–water partition coefficient (Wildman–Crippen LogP) is 2.72. The summed E-state index contributed by atoms with van der Waals surface area (Å²) in [5, 5.41) is 6.44. The first-order chi connectivity index (χ1) is 11.8. The van der Waals surface area contributed by atoms with Crippen molar-refractivity contribution in [1.82, 2.24) is 10.6 Å². The van der Waals surface area contributed by atoms with Crippen molar-refractivity contribution in [1.29, 1.82) is 0 Å². The van der Waals surface area contributed by atoms with Crippen molar-refractivity contribution in [3.8, 4) is 0 Å². The van der Waals surface area contributed by atoms with Gasteiger partial charge in [0.25, 0.3) is 0 Å². The summed E-state index contributed by atoms with van der Waals surface area (Å²) in [6, 6.07) is 8.23. The first kappa shape index (κ1) is 25.1. The SMILES string of the molecule is CCNC(=NCc1ccc(COCC)cc1)NC(C)CCS(C)(=O)=O.I. The Hall–Kier alpha value is -0.870. The lowest BCUT2D eigenvalue weighted by Gasteiger charge is -2.17. The third-order valence-corrected chi connectivity index (χ3v) is 4.54. The highest BCUT2D eigenvalue weighted by Gasteiger charge is 2.09. The number of rotatable bonds is 10. The third-order valence-electron chi connectivity index (χ3n) is 3.56. The molecule has 0 amide bonds. The maximum atomic E-state index is 11.3. The molecule has 0 aliphatic carbocycles. The summed E-state index contributed by atoms with van der Waals surface area (Å²) in [7, 11) is -2.94. The molecule has 150 valence electrons. The third kappa shape index (κ3) is 11.7. The van der Waals surface area contributed by atoms with Crippen LogP contribution >= 0.6 is 24.0 Å². The number of guanidine groups is 1. The van der Waals surface area contributed by atoms with Crippen molar-refractivity contribution < 1.29 is 13.2 Å². The van der Waals surface area contributed by atoms with Crippen LogP contribution in [0.15, 0.2) is 29.3 Å². The summed E-state index contributed by atoms with van der Waals surface area (Å²) in [5.74, 6) is 0.865. The molecule has 0 aliphatic heterocycles. The van der Waals surface area contributed by atoms with E-state index in [9.17, 15) is 8.42 Å². The van der Waals surface area contributed by atoms with Crippen LogP contribution in [-0.4, -0.2) is 45.6 Å². The lowest BCUT2D eigenvalue weighted by Crippen LogP contribution is -2.42. The Bertz CT molecular complexity index is 634. The van der Waals surface area contributed by atoms with Crippen LogP contribution in [0.5, 0.6) is 0 Å². The number of aliphatic imine (C=N–C) groups is 1. The van der Waals surface area contributed by atoms with E-state index < -0.39 is 9.84 Å². The summed E-state index contributed by atoms with van der Waals surface area (Å²) >= 11 is 0. The van der Waals surface area contributed by atoms with E-state index in [1.165, 1.54) is 6.26 Å². The lowest BCUT2D eigenvalue weighted by atomic mass is 10.1. The molecule has 1 aromatic rings. The first-order valence-corrected chi connectivity index (χ1v) is 10.8. The van der Waals surface area contributed by atoms with Gasteiger partial charge >= 0.3 is 0 Å². The topological polar surface area (TPSA) is 79.8 Å². The Labute approximate surface area is 175 Å². The Balaban J connectivity index is 0.00000625. The zero-order chi connectivity index (χ0) is 18.7. The van der Waals surface area contributed by atoms with Gasteiger partial charge in [-0.25, -0.2) is 13.4 Å². The maximum absolute atomic E-state index is 11.3. The van der Waals surface area contributed by atoms with E-state index in [1.807, 2.05) is 20.8 Å². The molecule has 1 aromatic carbocycles. The van der Waals surface area contributed by atoms with Crippen LogP contribution in [0.2, 0.25) is 0 Å². The fraction of sp³-hybridized carbons (Fsp3) is 0.611. The van der Waals surface area contributed by atoms with Gasteiger partial charge in [-0.3, -0.25) is 0 Å². The Kier molecular flexibility index (Phi) is 12.9. The summed E-state index contributed by atoms with van der Waals surface area (Å²) in [6.07, 6.45) is 1.81. The van der Waals surface area contributed by atoms with Gasteiger partial charge in [-0.1, -0.05) is 24.3 Å². The highest BCUT2D eigenvalue weighted by atomic mass is 127. The molecular weight excluding hydrogens is 465 g/mol. The van der Waals surface area contributed by atoms with Gasteiger partial charge in [0.1, 0.15) is 9.84 Å². The van der Waals surface area contributed by atoms with E-state index >= 15 is 0 Å². The first-order valence-electron chi connectivity index (χ1n) is 8.72. The van der Waals surface area contributed by atoms with Crippen molar-refractivity contribution >= 4 is 39.8 Å². The van der Waals surface area contributed by atoms with Gasteiger partial charge in [0.05, 0.1) is 18.9 Å². The quantitative estimate of drug-likeness (QED) is 0.295. The van der Waals surface area contributed by atoms with E-state index in [4.69, 9.17) is 4.74 Å². The number of sulfone groups is 1. The molecule has 0 aromatic heterocycles. The molecule has 26 heavy (non-hydrogen) atoms. The number of ether oxygens (including phenoxy) is 1. The second-order valence-corrected chi connectivity index (χ2v) is 8.37. The molecule has 0 bridgehead atoms. The number of nitrogens with one attached hydrogen (secondary N) is 2. The van der Waals surface area contributed by atoms with Crippen LogP contribution in [0, 0.1) is 0 Å². The standard InChI is InChI=1S/C18H31N3O3S.HI/c1-5-19-18(21-15(3)11-12-25(4,22)23)20-13-16-7-9-17(10-8-16)14-24-6-2;/h7-10,15H,5-6,11-14H2,1-4H3,(H2,19,20,21);1H. The monoisotopic (exact) mass is 497 g/mol. The average Bonchev–Trinajstić information content (AvgIpc) is 2.56. The number of nitrogens with zero attached hydrogens (tertiary/aromatic N) is 1. The van der Waals surface area contributed by atoms with E-state index in [-0.39, 0.29) is 35.8 Å². The van der Waals surface area contributed by atoms with Crippen LogP contribution < -0.4 is 10.6 Å².